The number of rotatable bonds is 3. The zero-order chi connectivity index (χ0) is 12.4. The second-order valence-electron chi connectivity index (χ2n) is 3.49. The molecule has 0 amide bonds. The van der Waals surface area contributed by atoms with Gasteiger partial charge < -0.3 is 5.11 Å². The van der Waals surface area contributed by atoms with Crippen molar-refractivity contribution >= 4 is 17.6 Å². The Morgan fingerprint density at radius 1 is 1.53 bits per heavy atom. The minimum absolute atomic E-state index is 0.299. The van der Waals surface area contributed by atoms with Crippen LogP contribution in [-0.4, -0.2) is 31.3 Å². The molecule has 0 spiro atoms. The van der Waals surface area contributed by atoms with E-state index in [2.05, 4.69) is 15.5 Å². The van der Waals surface area contributed by atoms with E-state index in [0.717, 1.165) is 5.56 Å². The Morgan fingerprint density at radius 2 is 2.29 bits per heavy atom. The Hall–Kier alpha value is -1.95. The maximum Gasteiger partial charge on any atom is 0.325 e. The van der Waals surface area contributed by atoms with Crippen molar-refractivity contribution in [3.05, 3.63) is 28.8 Å². The van der Waals surface area contributed by atoms with Gasteiger partial charge in [0.2, 0.25) is 0 Å². The topological polar surface area (TPSA) is 80.9 Å². The fourth-order valence-corrected chi connectivity index (χ4v) is 1.66. The molecule has 0 aliphatic heterocycles. The lowest BCUT2D eigenvalue weighted by Gasteiger charge is -2.05. The number of nitrogens with zero attached hydrogens (tertiary/aromatic N) is 4. The number of hydrogen-bond donors (Lipinski definition) is 1. The van der Waals surface area contributed by atoms with Crippen molar-refractivity contribution in [3.8, 4) is 11.4 Å². The van der Waals surface area contributed by atoms with Gasteiger partial charge in [0.15, 0.2) is 5.82 Å². The third-order valence-electron chi connectivity index (χ3n) is 2.25. The number of aromatic nitrogens is 4. The molecule has 1 aromatic carbocycles. The van der Waals surface area contributed by atoms with Gasteiger partial charge in [0.25, 0.3) is 0 Å². The molecule has 0 aliphatic rings. The summed E-state index contributed by atoms with van der Waals surface area (Å²) in [5.41, 5.74) is 1.51. The van der Waals surface area contributed by atoms with Gasteiger partial charge in [-0.2, -0.15) is 0 Å². The number of carbonyl (C=O) groups is 1. The van der Waals surface area contributed by atoms with Gasteiger partial charge in [-0.3, -0.25) is 4.79 Å². The summed E-state index contributed by atoms with van der Waals surface area (Å²) in [6.45, 7) is 1.56. The van der Waals surface area contributed by atoms with Crippen LogP contribution in [0.2, 0.25) is 5.02 Å². The molecule has 17 heavy (non-hydrogen) atoms. The lowest BCUT2D eigenvalue weighted by atomic mass is 10.1. The molecule has 1 N–H and O–H groups in total. The van der Waals surface area contributed by atoms with Crippen LogP contribution in [0, 0.1) is 6.92 Å². The Morgan fingerprint density at radius 3 is 3.00 bits per heavy atom. The van der Waals surface area contributed by atoms with Gasteiger partial charge in [0, 0.05) is 5.56 Å². The van der Waals surface area contributed by atoms with Gasteiger partial charge in [-0.25, -0.2) is 4.68 Å². The average molecular weight is 253 g/mol. The number of hydrogen-bond acceptors (Lipinski definition) is 4. The summed E-state index contributed by atoms with van der Waals surface area (Å²) in [5, 5.41) is 20.1. The monoisotopic (exact) mass is 252 g/mol. The average Bonchev–Trinajstić information content (AvgIpc) is 2.69. The number of benzene rings is 1. The van der Waals surface area contributed by atoms with Crippen molar-refractivity contribution in [1.29, 1.82) is 0 Å². The lowest BCUT2D eigenvalue weighted by molar-refractivity contribution is -0.137. The Labute approximate surface area is 102 Å². The van der Waals surface area contributed by atoms with Crippen molar-refractivity contribution in [2.24, 2.45) is 0 Å². The van der Waals surface area contributed by atoms with Crippen LogP contribution >= 0.6 is 11.6 Å². The number of aliphatic carboxylic acids is 1. The van der Waals surface area contributed by atoms with E-state index in [1.54, 1.807) is 6.07 Å². The third-order valence-corrected chi connectivity index (χ3v) is 2.75. The molecule has 2 rings (SSSR count). The van der Waals surface area contributed by atoms with E-state index < -0.39 is 5.97 Å². The molecule has 1 heterocycles. The molecule has 0 atom stereocenters. The second kappa shape index (κ2) is 4.50. The van der Waals surface area contributed by atoms with Crippen LogP contribution in [0.1, 0.15) is 5.56 Å². The summed E-state index contributed by atoms with van der Waals surface area (Å²) in [7, 11) is 0. The number of halogens is 1. The van der Waals surface area contributed by atoms with Gasteiger partial charge in [0.1, 0.15) is 6.54 Å². The van der Waals surface area contributed by atoms with Gasteiger partial charge >= 0.3 is 5.97 Å². The summed E-state index contributed by atoms with van der Waals surface area (Å²) in [6, 6.07) is 5.42. The fourth-order valence-electron chi connectivity index (χ4n) is 1.45. The van der Waals surface area contributed by atoms with Gasteiger partial charge in [0.05, 0.1) is 5.02 Å². The molecule has 7 heteroatoms. The predicted molar refractivity (Wildman–Crippen MR) is 60.6 cm³/mol. The first kappa shape index (κ1) is 11.5. The summed E-state index contributed by atoms with van der Waals surface area (Å²) in [6.07, 6.45) is 0. The van der Waals surface area contributed by atoms with E-state index in [0.29, 0.717) is 16.4 Å². The third kappa shape index (κ3) is 2.26. The van der Waals surface area contributed by atoms with Gasteiger partial charge in [-0.15, -0.1) is 5.10 Å². The molecular formula is C10H9ClN4O2. The van der Waals surface area contributed by atoms with Crippen LogP contribution in [0.25, 0.3) is 11.4 Å². The highest BCUT2D eigenvalue weighted by atomic mass is 35.5. The molecule has 0 saturated carbocycles. The van der Waals surface area contributed by atoms with Crippen molar-refractivity contribution < 1.29 is 9.90 Å². The number of tetrazole rings is 1. The largest absolute Gasteiger partial charge is 0.480 e. The summed E-state index contributed by atoms with van der Waals surface area (Å²) in [5.74, 6) is -0.663. The first-order valence-electron chi connectivity index (χ1n) is 4.83. The quantitative estimate of drug-likeness (QED) is 0.893. The van der Waals surface area contributed by atoms with Gasteiger partial charge in [-0.05, 0) is 29.0 Å². The Balaban J connectivity index is 2.50. The van der Waals surface area contributed by atoms with E-state index in [1.165, 1.54) is 4.68 Å². The summed E-state index contributed by atoms with van der Waals surface area (Å²) in [4.78, 5) is 10.7. The molecule has 0 aliphatic carbocycles. The van der Waals surface area contributed by atoms with E-state index in [1.807, 2.05) is 19.1 Å². The van der Waals surface area contributed by atoms with Crippen LogP contribution < -0.4 is 0 Å². The zero-order valence-corrected chi connectivity index (χ0v) is 9.72. The normalized spacial score (nSPS) is 10.5. The first-order chi connectivity index (χ1) is 8.09. The standard InChI is InChI=1S/C10H9ClN4O2/c1-6-3-2-4-7(9(6)11)10-12-13-14-15(10)5-8(16)17/h2-4H,5H2,1H3,(H,16,17). The smallest absolute Gasteiger partial charge is 0.325 e. The molecule has 0 unspecified atom stereocenters. The van der Waals surface area contributed by atoms with E-state index in [9.17, 15) is 4.79 Å². The van der Waals surface area contributed by atoms with Crippen molar-refractivity contribution in [2.45, 2.75) is 13.5 Å². The van der Waals surface area contributed by atoms with E-state index >= 15 is 0 Å². The van der Waals surface area contributed by atoms with Crippen molar-refractivity contribution in [3.63, 3.8) is 0 Å². The highest BCUT2D eigenvalue weighted by molar-refractivity contribution is 6.33. The molecule has 0 radical (unpaired) electrons. The lowest BCUT2D eigenvalue weighted by Crippen LogP contribution is -2.11. The summed E-state index contributed by atoms with van der Waals surface area (Å²) >= 11 is 6.14. The van der Waals surface area contributed by atoms with E-state index in [-0.39, 0.29) is 6.54 Å². The molecule has 0 bridgehead atoms. The fraction of sp³-hybridized carbons (Fsp3) is 0.200. The van der Waals surface area contributed by atoms with Crippen molar-refractivity contribution in [1.82, 2.24) is 20.2 Å². The highest BCUT2D eigenvalue weighted by Crippen LogP contribution is 2.28. The molecular weight excluding hydrogens is 244 g/mol. The minimum atomic E-state index is -1.01. The SMILES string of the molecule is Cc1cccc(-c2nnnn2CC(=O)O)c1Cl. The predicted octanol–water partition coefficient (Wildman–Crippen LogP) is 1.39. The van der Waals surface area contributed by atoms with Crippen LogP contribution in [0.5, 0.6) is 0 Å². The van der Waals surface area contributed by atoms with Crippen molar-refractivity contribution in [2.75, 3.05) is 0 Å². The van der Waals surface area contributed by atoms with Crippen LogP contribution in [0.3, 0.4) is 0 Å². The Kier molecular flexibility index (Phi) is 3.06. The molecule has 88 valence electrons. The maximum absolute atomic E-state index is 10.7. The highest BCUT2D eigenvalue weighted by Gasteiger charge is 2.14. The molecule has 0 fully saturated rings. The minimum Gasteiger partial charge on any atom is -0.480 e. The maximum atomic E-state index is 10.7. The summed E-state index contributed by atoms with van der Waals surface area (Å²) < 4.78 is 1.20. The van der Waals surface area contributed by atoms with Crippen LogP contribution in [-0.2, 0) is 11.3 Å². The first-order valence-corrected chi connectivity index (χ1v) is 5.21. The molecule has 2 aromatic rings. The number of carboxylic acid groups (broad SMARTS) is 1. The molecule has 1 aromatic heterocycles. The van der Waals surface area contributed by atoms with Gasteiger partial charge in [-0.1, -0.05) is 23.7 Å². The second-order valence-corrected chi connectivity index (χ2v) is 3.87. The van der Waals surface area contributed by atoms with Crippen LogP contribution in [0.4, 0.5) is 0 Å². The van der Waals surface area contributed by atoms with Crippen LogP contribution in [0.15, 0.2) is 18.2 Å². The molecule has 6 nitrogen and oxygen atoms in total. The number of aryl methyl sites for hydroxylation is 1. The Bertz CT molecular complexity index is 567. The molecule has 0 saturated heterocycles. The van der Waals surface area contributed by atoms with E-state index in [4.69, 9.17) is 16.7 Å². The number of carboxylic acids is 1. The zero-order valence-electron chi connectivity index (χ0n) is 8.96.